The van der Waals surface area contributed by atoms with Crippen molar-refractivity contribution >= 4 is 6.09 Å². The van der Waals surface area contributed by atoms with Crippen molar-refractivity contribution in [3.05, 3.63) is 0 Å². The fourth-order valence-electron chi connectivity index (χ4n) is 1.56. The maximum Gasteiger partial charge on any atom is 0.425 e. The lowest BCUT2D eigenvalue weighted by Gasteiger charge is -2.42. The van der Waals surface area contributed by atoms with Gasteiger partial charge in [0, 0.05) is 31.7 Å². The molecule has 1 unspecified atom stereocenters. The number of hydrogen-bond donors (Lipinski definition) is 0. The molecule has 0 aromatic carbocycles. The van der Waals surface area contributed by atoms with Crippen LogP contribution in [0.25, 0.3) is 0 Å². The molecule has 0 radical (unpaired) electrons. The van der Waals surface area contributed by atoms with Crippen molar-refractivity contribution in [1.29, 1.82) is 0 Å². The van der Waals surface area contributed by atoms with Crippen molar-refractivity contribution in [2.75, 3.05) is 26.1 Å². The Kier molecular flexibility index (Phi) is 3.81. The van der Waals surface area contributed by atoms with E-state index >= 15 is 0 Å². The van der Waals surface area contributed by atoms with Gasteiger partial charge in [-0.1, -0.05) is 0 Å². The largest absolute Gasteiger partial charge is 0.437 e. The van der Waals surface area contributed by atoms with Crippen molar-refractivity contribution in [3.63, 3.8) is 0 Å². The summed E-state index contributed by atoms with van der Waals surface area (Å²) in [4.78, 5) is 14.3. The molecular weight excluding hydrogens is 261 g/mol. The highest BCUT2D eigenvalue weighted by molar-refractivity contribution is 5.68. The third-order valence-corrected chi connectivity index (χ3v) is 2.95. The fraction of sp³-hybridized carbons (Fsp3) is 0.917. The van der Waals surface area contributed by atoms with E-state index in [0.29, 0.717) is 6.54 Å². The topological polar surface area (TPSA) is 32.8 Å². The van der Waals surface area contributed by atoms with Crippen LogP contribution in [-0.4, -0.2) is 59.8 Å². The smallest absolute Gasteiger partial charge is 0.425 e. The lowest BCUT2D eigenvalue weighted by atomic mass is 10.1. The highest BCUT2D eigenvalue weighted by Gasteiger charge is 2.40. The van der Waals surface area contributed by atoms with Gasteiger partial charge in [-0.15, -0.1) is 0 Å². The molecule has 112 valence electrons. The number of carbonyl (C=O) groups excluding carboxylic acids is 1. The first-order valence-corrected chi connectivity index (χ1v) is 6.05. The highest BCUT2D eigenvalue weighted by Crippen LogP contribution is 2.23. The molecule has 1 saturated heterocycles. The third-order valence-electron chi connectivity index (χ3n) is 2.95. The van der Waals surface area contributed by atoms with Crippen LogP contribution in [0.1, 0.15) is 30.4 Å². The van der Waals surface area contributed by atoms with E-state index in [9.17, 15) is 18.0 Å². The van der Waals surface area contributed by atoms with Crippen molar-refractivity contribution in [1.82, 2.24) is 9.80 Å². The van der Waals surface area contributed by atoms with Crippen LogP contribution in [0.3, 0.4) is 0 Å². The molecule has 0 spiro atoms. The van der Waals surface area contributed by atoms with E-state index in [-0.39, 0.29) is 18.6 Å². The maximum absolute atomic E-state index is 12.4. The Bertz CT molecular complexity index is 397. The van der Waals surface area contributed by atoms with E-state index in [1.54, 1.807) is 0 Å². The van der Waals surface area contributed by atoms with Crippen LogP contribution in [0.4, 0.5) is 18.0 Å². The lowest BCUT2D eigenvalue weighted by Crippen LogP contribution is -2.55. The molecule has 1 atom stereocenters. The van der Waals surface area contributed by atoms with Gasteiger partial charge in [0.2, 0.25) is 0 Å². The van der Waals surface area contributed by atoms with Gasteiger partial charge in [-0.3, -0.25) is 4.90 Å². The molecule has 0 aliphatic carbocycles. The van der Waals surface area contributed by atoms with Gasteiger partial charge in [0.1, 0.15) is 0 Å². The van der Waals surface area contributed by atoms with E-state index in [4.69, 9.17) is 2.74 Å². The predicted molar refractivity (Wildman–Crippen MR) is 64.9 cm³/mol. The van der Waals surface area contributed by atoms with Gasteiger partial charge in [0.15, 0.2) is 6.10 Å². The quantitative estimate of drug-likeness (QED) is 0.741. The van der Waals surface area contributed by atoms with Gasteiger partial charge in [-0.25, -0.2) is 4.79 Å². The molecular formula is C12H21F3N2O2. The normalized spacial score (nSPS) is 24.5. The van der Waals surface area contributed by atoms with Crippen molar-refractivity contribution in [3.8, 4) is 0 Å². The molecule has 1 aliphatic rings. The molecule has 1 aliphatic heterocycles. The molecule has 19 heavy (non-hydrogen) atoms. The van der Waals surface area contributed by atoms with Gasteiger partial charge < -0.3 is 9.64 Å². The highest BCUT2D eigenvalue weighted by atomic mass is 19.4. The monoisotopic (exact) mass is 284 g/mol. The molecule has 4 nitrogen and oxygen atoms in total. The van der Waals surface area contributed by atoms with Crippen LogP contribution in [-0.2, 0) is 4.74 Å². The number of alkyl halides is 3. The number of halogens is 3. The number of nitrogens with zero attached hydrogens (tertiary/aromatic N) is 2. The van der Waals surface area contributed by atoms with Gasteiger partial charge in [0.05, 0.1) is 2.74 Å². The van der Waals surface area contributed by atoms with Crippen LogP contribution in [0, 0.1) is 0 Å². The average molecular weight is 284 g/mol. The number of ether oxygens (including phenoxy) is 1. The van der Waals surface area contributed by atoms with Gasteiger partial charge in [0.25, 0.3) is 0 Å². The predicted octanol–water partition coefficient (Wildman–Crippen LogP) is 2.49. The van der Waals surface area contributed by atoms with Crippen LogP contribution < -0.4 is 0 Å². The molecule has 0 aromatic rings. The molecule has 7 heteroatoms. The Balaban J connectivity index is 2.75. The Hall–Kier alpha value is -0.980. The first-order valence-electron chi connectivity index (χ1n) is 7.05. The minimum atomic E-state index is -4.66. The van der Waals surface area contributed by atoms with Crippen LogP contribution in [0.5, 0.6) is 0 Å². The van der Waals surface area contributed by atoms with E-state index in [1.807, 2.05) is 25.7 Å². The molecule has 1 amide bonds. The number of hydrogen-bond acceptors (Lipinski definition) is 3. The van der Waals surface area contributed by atoms with Gasteiger partial charge >= 0.3 is 12.3 Å². The number of carbonyl (C=O) groups is 1. The third kappa shape index (κ3) is 4.56. The lowest BCUT2D eigenvalue weighted by molar-refractivity contribution is -0.200. The summed E-state index contributed by atoms with van der Waals surface area (Å²) in [7, 11) is 0. The number of amides is 1. The average Bonchev–Trinajstić information content (AvgIpc) is 2.24. The second-order valence-corrected chi connectivity index (χ2v) is 5.47. The molecule has 0 aromatic heterocycles. The summed E-state index contributed by atoms with van der Waals surface area (Å²) in [5, 5.41) is 0. The zero-order chi connectivity index (χ0) is 16.6. The maximum atomic E-state index is 12.4. The Morgan fingerprint density at radius 3 is 2.26 bits per heavy atom. The Morgan fingerprint density at radius 1 is 1.26 bits per heavy atom. The summed E-state index contributed by atoms with van der Waals surface area (Å²) in [5.74, 6) is 0. The minimum Gasteiger partial charge on any atom is -0.437 e. The first kappa shape index (κ1) is 13.0. The van der Waals surface area contributed by atoms with Crippen molar-refractivity contribution in [2.24, 2.45) is 0 Å². The van der Waals surface area contributed by atoms with Crippen molar-refractivity contribution in [2.45, 2.75) is 45.5 Å². The van der Waals surface area contributed by atoms with E-state index in [0.717, 1.165) is 11.8 Å². The zero-order valence-electron chi connectivity index (χ0n) is 13.5. The van der Waals surface area contributed by atoms with E-state index in [2.05, 4.69) is 4.74 Å². The van der Waals surface area contributed by atoms with Gasteiger partial charge in [-0.05, 0) is 27.7 Å². The standard InChI is InChI=1S/C12H21F3N2O2/c1-9(12(13,14)15)19-10(18)16-5-7-17(8-6-16)11(2,3)4/h9H,5-8H2,1-4H3/i5D2. The van der Waals surface area contributed by atoms with E-state index in [1.165, 1.54) is 0 Å². The van der Waals surface area contributed by atoms with Crippen LogP contribution >= 0.6 is 0 Å². The van der Waals surface area contributed by atoms with E-state index < -0.39 is 24.9 Å². The second-order valence-electron chi connectivity index (χ2n) is 5.47. The Labute approximate surface area is 114 Å². The first-order chi connectivity index (χ1) is 9.25. The van der Waals surface area contributed by atoms with Crippen LogP contribution in [0.2, 0.25) is 0 Å². The fourth-order valence-corrected chi connectivity index (χ4v) is 1.56. The molecule has 1 heterocycles. The van der Waals surface area contributed by atoms with Crippen LogP contribution in [0.15, 0.2) is 0 Å². The summed E-state index contributed by atoms with van der Waals surface area (Å²) < 4.78 is 57.3. The van der Waals surface area contributed by atoms with Gasteiger partial charge in [-0.2, -0.15) is 13.2 Å². The summed E-state index contributed by atoms with van der Waals surface area (Å²) in [6, 6.07) is 0. The Morgan fingerprint density at radius 2 is 1.84 bits per heavy atom. The molecule has 0 N–H and O–H groups in total. The summed E-state index contributed by atoms with van der Waals surface area (Å²) >= 11 is 0. The second kappa shape index (κ2) is 5.56. The number of piperazine rings is 1. The molecule has 1 rings (SSSR count). The summed E-state index contributed by atoms with van der Waals surface area (Å²) in [6.45, 7) is 4.64. The number of rotatable bonds is 1. The molecule has 0 saturated carbocycles. The zero-order valence-corrected chi connectivity index (χ0v) is 11.5. The molecule has 1 fully saturated rings. The molecule has 0 bridgehead atoms. The summed E-state index contributed by atoms with van der Waals surface area (Å²) in [5.41, 5.74) is -0.289. The summed E-state index contributed by atoms with van der Waals surface area (Å²) in [6.07, 6.45) is -8.20. The SMILES string of the molecule is [2H]C1([2H])CN(C(C)(C)C)CCN1C(=O)OC(C)C(F)(F)F. The minimum absolute atomic E-state index is 0.0202. The van der Waals surface area contributed by atoms with Crippen molar-refractivity contribution < 1.29 is 25.4 Å².